The molecule has 0 aliphatic rings. The Bertz CT molecular complexity index is 1060. The zero-order valence-corrected chi connectivity index (χ0v) is 16.6. The van der Waals surface area contributed by atoms with Gasteiger partial charge in [-0.1, -0.05) is 18.5 Å². The Balaban J connectivity index is 1.88. The van der Waals surface area contributed by atoms with Gasteiger partial charge in [-0.3, -0.25) is 9.89 Å². The van der Waals surface area contributed by atoms with Crippen LogP contribution in [-0.2, 0) is 11.0 Å². The third-order valence-corrected chi connectivity index (χ3v) is 5.31. The summed E-state index contributed by atoms with van der Waals surface area (Å²) in [6.45, 7) is 1.86. The first-order valence-electron chi connectivity index (χ1n) is 8.27. The van der Waals surface area contributed by atoms with Gasteiger partial charge >= 0.3 is 0 Å². The lowest BCUT2D eigenvalue weighted by molar-refractivity contribution is 0.102. The number of ether oxygens (including phenoxy) is 1. The summed E-state index contributed by atoms with van der Waals surface area (Å²) >= 11 is 6.03. The molecule has 0 fully saturated rings. The van der Waals surface area contributed by atoms with Gasteiger partial charge in [0.25, 0.3) is 5.91 Å². The molecule has 0 bridgehead atoms. The van der Waals surface area contributed by atoms with E-state index in [2.05, 4.69) is 25.2 Å². The first-order chi connectivity index (χ1) is 13.4. The van der Waals surface area contributed by atoms with Crippen LogP contribution in [0, 0.1) is 5.82 Å². The molecule has 0 aliphatic heterocycles. The molecule has 3 rings (SSSR count). The molecule has 3 N–H and O–H groups in total. The van der Waals surface area contributed by atoms with Gasteiger partial charge in [-0.15, -0.1) is 5.10 Å². The lowest BCUT2D eigenvalue weighted by atomic mass is 10.1. The van der Waals surface area contributed by atoms with Gasteiger partial charge in [-0.05, 0) is 24.6 Å². The van der Waals surface area contributed by atoms with Crippen molar-refractivity contribution in [1.29, 1.82) is 0 Å². The van der Waals surface area contributed by atoms with Gasteiger partial charge in [-0.25, -0.2) is 13.6 Å². The van der Waals surface area contributed by atoms with Crippen molar-refractivity contribution in [3.8, 4) is 5.88 Å². The van der Waals surface area contributed by atoms with Crippen molar-refractivity contribution in [2.75, 3.05) is 22.9 Å². The minimum atomic E-state index is -1.46. The molecule has 2 aromatic heterocycles. The van der Waals surface area contributed by atoms with Gasteiger partial charge in [-0.2, -0.15) is 0 Å². The quantitative estimate of drug-likeness (QED) is 0.536. The predicted molar refractivity (Wildman–Crippen MR) is 107 cm³/mol. The van der Waals surface area contributed by atoms with E-state index in [-0.39, 0.29) is 16.3 Å². The lowest BCUT2D eigenvalue weighted by Gasteiger charge is -2.12. The topological polar surface area (TPSA) is 109 Å². The van der Waals surface area contributed by atoms with Crippen molar-refractivity contribution in [1.82, 2.24) is 15.2 Å². The zero-order valence-electron chi connectivity index (χ0n) is 15.0. The molecule has 2 heterocycles. The number of methoxy groups -OCH3 is 1. The highest BCUT2D eigenvalue weighted by Gasteiger charge is 2.21. The molecule has 1 unspecified atom stereocenters. The van der Waals surface area contributed by atoms with Crippen LogP contribution >= 0.6 is 11.6 Å². The number of carbonyl (C=O) groups is 1. The summed E-state index contributed by atoms with van der Waals surface area (Å²) < 4.78 is 34.3. The van der Waals surface area contributed by atoms with Crippen molar-refractivity contribution < 1.29 is 18.1 Å². The first-order valence-corrected chi connectivity index (χ1v) is 9.96. The summed E-state index contributed by atoms with van der Waals surface area (Å²) in [7, 11) is -0.00600. The average Bonchev–Trinajstić information content (AvgIpc) is 3.07. The van der Waals surface area contributed by atoms with E-state index >= 15 is 0 Å². The molecule has 0 spiro atoms. The Labute approximate surface area is 167 Å². The van der Waals surface area contributed by atoms with E-state index in [0.29, 0.717) is 34.8 Å². The van der Waals surface area contributed by atoms with E-state index < -0.39 is 22.7 Å². The lowest BCUT2D eigenvalue weighted by Crippen LogP contribution is -2.17. The van der Waals surface area contributed by atoms with Gasteiger partial charge < -0.3 is 14.8 Å². The number of nitrogens with one attached hydrogen (secondary N) is 3. The van der Waals surface area contributed by atoms with Crippen molar-refractivity contribution in [3.63, 3.8) is 0 Å². The molecule has 11 heteroatoms. The summed E-state index contributed by atoms with van der Waals surface area (Å²) in [6, 6.07) is 4.30. The van der Waals surface area contributed by atoms with Crippen molar-refractivity contribution in [2.45, 2.75) is 13.3 Å². The van der Waals surface area contributed by atoms with Crippen LogP contribution in [0.2, 0.25) is 5.02 Å². The Hall–Kier alpha value is -2.72. The third-order valence-electron chi connectivity index (χ3n) is 3.76. The van der Waals surface area contributed by atoms with Gasteiger partial charge in [0, 0.05) is 5.75 Å². The van der Waals surface area contributed by atoms with Gasteiger partial charge in [0.1, 0.15) is 11.0 Å². The zero-order chi connectivity index (χ0) is 20.3. The van der Waals surface area contributed by atoms with E-state index in [0.717, 1.165) is 0 Å². The Kier molecular flexibility index (Phi) is 6.10. The molecule has 0 radical (unpaired) electrons. The number of carbonyl (C=O) groups excluding carboxylic acids is 1. The normalized spacial score (nSPS) is 12.0. The number of anilines is 2. The summed E-state index contributed by atoms with van der Waals surface area (Å²) in [6.07, 6.45) is 2.05. The number of hydrogen-bond donors (Lipinski definition) is 3. The van der Waals surface area contributed by atoms with Gasteiger partial charge in [0.2, 0.25) is 5.88 Å². The molecule has 0 saturated carbocycles. The molecule has 0 saturated heterocycles. The molecule has 8 nitrogen and oxygen atoms in total. The monoisotopic (exact) mass is 425 g/mol. The maximum atomic E-state index is 14.8. The number of fused-ring (bicyclic) bond motifs is 1. The smallest absolute Gasteiger partial charge is 0.260 e. The number of rotatable bonds is 7. The number of H-pyrrole nitrogens is 1. The van der Waals surface area contributed by atoms with Crippen LogP contribution in [0.15, 0.2) is 24.4 Å². The Morgan fingerprint density at radius 3 is 2.93 bits per heavy atom. The number of benzene rings is 1. The highest BCUT2D eigenvalue weighted by Crippen LogP contribution is 2.28. The van der Waals surface area contributed by atoms with Crippen LogP contribution in [-0.4, -0.2) is 38.2 Å². The molecule has 148 valence electrons. The highest BCUT2D eigenvalue weighted by molar-refractivity contribution is 7.86. The first kappa shape index (κ1) is 20.0. The largest absolute Gasteiger partial charge is 0.479 e. The van der Waals surface area contributed by atoms with Crippen molar-refractivity contribution >= 4 is 50.9 Å². The number of amides is 1. The van der Waals surface area contributed by atoms with E-state index in [1.54, 1.807) is 6.07 Å². The second-order valence-corrected chi connectivity index (χ2v) is 7.45. The minimum Gasteiger partial charge on any atom is -0.479 e. The number of aromatic amines is 1. The number of hydrogen-bond acceptors (Lipinski definition) is 5. The molecule has 1 aromatic carbocycles. The van der Waals surface area contributed by atoms with E-state index in [9.17, 15) is 13.4 Å². The van der Waals surface area contributed by atoms with Crippen molar-refractivity contribution in [2.24, 2.45) is 0 Å². The fourth-order valence-electron chi connectivity index (χ4n) is 2.50. The van der Waals surface area contributed by atoms with Crippen LogP contribution in [0.1, 0.15) is 23.7 Å². The summed E-state index contributed by atoms with van der Waals surface area (Å²) in [4.78, 5) is 16.8. The summed E-state index contributed by atoms with van der Waals surface area (Å²) in [5.74, 6) is -0.991. The third kappa shape index (κ3) is 4.07. The van der Waals surface area contributed by atoms with E-state index in [4.69, 9.17) is 16.3 Å². The fraction of sp³-hybridized carbons (Fsp3) is 0.235. The molecule has 3 aromatic rings. The molecular weight excluding hydrogens is 409 g/mol. The number of halogens is 2. The highest BCUT2D eigenvalue weighted by atomic mass is 35.5. The summed E-state index contributed by atoms with van der Waals surface area (Å²) in [5, 5.41) is 9.66. The summed E-state index contributed by atoms with van der Waals surface area (Å²) in [5.41, 5.74) is 0.357. The van der Waals surface area contributed by atoms with Crippen LogP contribution in [0.25, 0.3) is 11.0 Å². The molecule has 0 aliphatic carbocycles. The number of pyridine rings is 1. The van der Waals surface area contributed by atoms with Gasteiger partial charge in [0.15, 0.2) is 11.5 Å². The van der Waals surface area contributed by atoms with Crippen LogP contribution in [0.5, 0.6) is 5.88 Å². The standard InChI is InChI=1S/C17H17ClFN5O3S/c1-3-6-28(26)24-12-5-4-11(18)13(14(12)19)16(25)21-9-7-10-15(20-8-9)22-23-17(10)27-2/h4-5,7-8,24H,3,6H2,1-2H3,(H,21,25)(H,20,22,23). The SMILES string of the molecule is CCCS(=O)Nc1ccc(Cl)c(C(=O)Nc2cnc3[nH]nc(OC)c3c2)c1F. The van der Waals surface area contributed by atoms with E-state index in [1.165, 1.54) is 25.4 Å². The maximum Gasteiger partial charge on any atom is 0.260 e. The number of nitrogens with zero attached hydrogens (tertiary/aromatic N) is 2. The molecule has 1 amide bonds. The Morgan fingerprint density at radius 2 is 2.21 bits per heavy atom. The fourth-order valence-corrected chi connectivity index (χ4v) is 3.60. The number of aromatic nitrogens is 3. The second kappa shape index (κ2) is 8.53. The molecular formula is C17H17ClFN5O3S. The van der Waals surface area contributed by atoms with Crippen LogP contribution in [0.4, 0.5) is 15.8 Å². The molecule has 28 heavy (non-hydrogen) atoms. The average molecular weight is 426 g/mol. The predicted octanol–water partition coefficient (Wildman–Crippen LogP) is 3.50. The minimum absolute atomic E-state index is 0.0635. The van der Waals surface area contributed by atoms with Crippen LogP contribution < -0.4 is 14.8 Å². The van der Waals surface area contributed by atoms with Gasteiger partial charge in [0.05, 0.1) is 40.7 Å². The van der Waals surface area contributed by atoms with Crippen molar-refractivity contribution in [3.05, 3.63) is 40.8 Å². The molecule has 1 atom stereocenters. The van der Waals surface area contributed by atoms with E-state index in [1.807, 2.05) is 6.92 Å². The second-order valence-electron chi connectivity index (χ2n) is 5.74. The Morgan fingerprint density at radius 1 is 1.43 bits per heavy atom. The maximum absolute atomic E-state index is 14.8. The van der Waals surface area contributed by atoms with Crippen LogP contribution in [0.3, 0.4) is 0 Å².